The van der Waals surface area contributed by atoms with Crippen molar-refractivity contribution in [3.63, 3.8) is 0 Å². The van der Waals surface area contributed by atoms with Crippen LogP contribution in [-0.4, -0.2) is 23.6 Å². The minimum atomic E-state index is -3.87. The lowest BCUT2D eigenvalue weighted by Crippen LogP contribution is -2.14. The molecule has 24 heavy (non-hydrogen) atoms. The fourth-order valence-corrected chi connectivity index (χ4v) is 4.30. The minimum Gasteiger partial charge on any atom is -0.262 e. The van der Waals surface area contributed by atoms with E-state index in [4.69, 9.17) is 0 Å². The number of nitrogens with zero attached hydrogens (tertiary/aromatic N) is 2. The first-order valence-electron chi connectivity index (χ1n) is 7.12. The normalized spacial score (nSPS) is 11.6. The maximum absolute atomic E-state index is 14.2. The van der Waals surface area contributed by atoms with E-state index >= 15 is 0 Å². The summed E-state index contributed by atoms with van der Waals surface area (Å²) < 4.78 is 41.3. The van der Waals surface area contributed by atoms with Crippen LogP contribution in [0.15, 0.2) is 64.8 Å². The molecule has 4 nitrogen and oxygen atoms in total. The smallest absolute Gasteiger partial charge is 0.262 e. The monoisotopic (exact) mass is 362 g/mol. The molecule has 7 heteroatoms. The Hall–Kier alpha value is -2.12. The van der Waals surface area contributed by atoms with Crippen LogP contribution in [0.4, 0.5) is 4.39 Å². The van der Waals surface area contributed by atoms with Crippen molar-refractivity contribution in [1.82, 2.24) is 8.96 Å². The lowest BCUT2D eigenvalue weighted by atomic mass is 10.1. The number of aryl methyl sites for hydroxylation is 1. The van der Waals surface area contributed by atoms with Crippen LogP contribution in [0.1, 0.15) is 5.56 Å². The van der Waals surface area contributed by atoms with Gasteiger partial charge in [-0.15, -0.1) is 11.8 Å². The van der Waals surface area contributed by atoms with Gasteiger partial charge in [-0.1, -0.05) is 12.1 Å². The molecule has 0 atom stereocenters. The van der Waals surface area contributed by atoms with Crippen LogP contribution in [0.25, 0.3) is 11.3 Å². The Morgan fingerprint density at radius 2 is 1.92 bits per heavy atom. The second-order valence-corrected chi connectivity index (χ2v) is 7.94. The molecule has 0 aliphatic carbocycles. The van der Waals surface area contributed by atoms with E-state index in [-0.39, 0.29) is 10.5 Å². The lowest BCUT2D eigenvalue weighted by Gasteiger charge is -2.11. The SMILES string of the molecule is CSc1cncc(S(=O)(=O)n2cc(C)cc2-c2ccccc2F)c1. The van der Waals surface area contributed by atoms with Crippen LogP contribution in [0, 0.1) is 12.7 Å². The molecule has 124 valence electrons. The summed E-state index contributed by atoms with van der Waals surface area (Å²) in [5.41, 5.74) is 1.26. The summed E-state index contributed by atoms with van der Waals surface area (Å²) >= 11 is 1.41. The van der Waals surface area contributed by atoms with Crippen LogP contribution in [-0.2, 0) is 10.0 Å². The molecule has 0 aliphatic heterocycles. The number of hydrogen-bond donors (Lipinski definition) is 0. The van der Waals surface area contributed by atoms with Crippen molar-refractivity contribution in [3.05, 3.63) is 66.4 Å². The van der Waals surface area contributed by atoms with Crippen LogP contribution >= 0.6 is 11.8 Å². The summed E-state index contributed by atoms with van der Waals surface area (Å²) in [6, 6.07) is 9.33. The Morgan fingerprint density at radius 1 is 1.17 bits per heavy atom. The van der Waals surface area contributed by atoms with Gasteiger partial charge < -0.3 is 0 Å². The third-order valence-electron chi connectivity index (χ3n) is 3.55. The zero-order chi connectivity index (χ0) is 17.3. The largest absolute Gasteiger partial charge is 0.269 e. The Labute approximate surface area is 144 Å². The standard InChI is InChI=1S/C17H15FN2O2S2/c1-12-7-17(15-5-3-4-6-16(15)18)20(11-12)24(21,22)14-8-13(23-2)9-19-10-14/h3-11H,1-2H3. The number of pyridine rings is 1. The summed E-state index contributed by atoms with van der Waals surface area (Å²) in [5, 5.41) is 0. The summed E-state index contributed by atoms with van der Waals surface area (Å²) in [6.07, 6.45) is 6.23. The van der Waals surface area contributed by atoms with Crippen LogP contribution in [0.2, 0.25) is 0 Å². The summed E-state index contributed by atoms with van der Waals surface area (Å²) in [7, 11) is -3.87. The highest BCUT2D eigenvalue weighted by atomic mass is 32.2. The molecule has 0 saturated heterocycles. The van der Waals surface area contributed by atoms with Crippen molar-refractivity contribution >= 4 is 21.8 Å². The lowest BCUT2D eigenvalue weighted by molar-refractivity contribution is 0.587. The maximum atomic E-state index is 14.2. The Balaban J connectivity index is 2.21. The van der Waals surface area contributed by atoms with Crippen molar-refractivity contribution in [2.24, 2.45) is 0 Å². The quantitative estimate of drug-likeness (QED) is 0.659. The molecular formula is C17H15FN2O2S2. The first-order valence-corrected chi connectivity index (χ1v) is 9.78. The van der Waals surface area contributed by atoms with E-state index in [0.29, 0.717) is 5.69 Å². The molecule has 0 fully saturated rings. The predicted molar refractivity (Wildman–Crippen MR) is 93.2 cm³/mol. The number of benzene rings is 1. The van der Waals surface area contributed by atoms with Gasteiger partial charge in [0.05, 0.1) is 5.69 Å². The van der Waals surface area contributed by atoms with Gasteiger partial charge in [-0.2, -0.15) is 0 Å². The van der Waals surface area contributed by atoms with Crippen LogP contribution < -0.4 is 0 Å². The molecular weight excluding hydrogens is 347 g/mol. The van der Waals surface area contributed by atoms with Gasteiger partial charge >= 0.3 is 0 Å². The van der Waals surface area contributed by atoms with Gasteiger partial charge in [0.15, 0.2) is 0 Å². The van der Waals surface area contributed by atoms with E-state index in [1.54, 1.807) is 43.5 Å². The highest BCUT2D eigenvalue weighted by molar-refractivity contribution is 7.98. The number of halogens is 1. The summed E-state index contributed by atoms with van der Waals surface area (Å²) in [5.74, 6) is -0.469. The molecule has 3 rings (SSSR count). The van der Waals surface area contributed by atoms with E-state index in [0.717, 1.165) is 14.4 Å². The molecule has 3 aromatic rings. The third-order valence-corrected chi connectivity index (χ3v) is 5.89. The summed E-state index contributed by atoms with van der Waals surface area (Å²) in [4.78, 5) is 4.80. The predicted octanol–water partition coefficient (Wildman–Crippen LogP) is 3.96. The van der Waals surface area contributed by atoms with Crippen molar-refractivity contribution < 1.29 is 12.8 Å². The number of thioether (sulfide) groups is 1. The van der Waals surface area contributed by atoms with Gasteiger partial charge in [-0.3, -0.25) is 4.98 Å². The third kappa shape index (κ3) is 2.97. The average Bonchev–Trinajstić information content (AvgIpc) is 2.98. The van der Waals surface area contributed by atoms with E-state index in [1.165, 1.54) is 30.2 Å². The highest BCUT2D eigenvalue weighted by Crippen LogP contribution is 2.29. The molecule has 2 aromatic heterocycles. The maximum Gasteiger partial charge on any atom is 0.269 e. The second-order valence-electron chi connectivity index (χ2n) is 5.24. The van der Waals surface area contributed by atoms with E-state index in [9.17, 15) is 12.8 Å². The van der Waals surface area contributed by atoms with Crippen LogP contribution in [0.5, 0.6) is 0 Å². The highest BCUT2D eigenvalue weighted by Gasteiger charge is 2.23. The number of rotatable bonds is 4. The molecule has 0 saturated carbocycles. The van der Waals surface area contributed by atoms with Crippen molar-refractivity contribution in [1.29, 1.82) is 0 Å². The van der Waals surface area contributed by atoms with Gasteiger partial charge in [0, 0.05) is 29.0 Å². The number of aromatic nitrogens is 2. The van der Waals surface area contributed by atoms with Crippen LogP contribution in [0.3, 0.4) is 0 Å². The Morgan fingerprint density at radius 3 is 2.62 bits per heavy atom. The molecule has 0 unspecified atom stereocenters. The zero-order valence-electron chi connectivity index (χ0n) is 13.1. The molecule has 1 aromatic carbocycles. The van der Waals surface area contributed by atoms with Crippen molar-refractivity contribution in [3.8, 4) is 11.3 Å². The molecule has 0 N–H and O–H groups in total. The fraction of sp³-hybridized carbons (Fsp3) is 0.118. The van der Waals surface area contributed by atoms with Gasteiger partial charge in [0.1, 0.15) is 10.7 Å². The molecule has 2 heterocycles. The van der Waals surface area contributed by atoms with Gasteiger partial charge in [0.2, 0.25) is 0 Å². The van der Waals surface area contributed by atoms with Gasteiger partial charge in [0.25, 0.3) is 10.0 Å². The van der Waals surface area contributed by atoms with E-state index < -0.39 is 15.8 Å². The molecule has 0 aliphatic rings. The van der Waals surface area contributed by atoms with Gasteiger partial charge in [-0.25, -0.2) is 16.8 Å². The van der Waals surface area contributed by atoms with E-state index in [2.05, 4.69) is 4.98 Å². The molecule has 0 bridgehead atoms. The van der Waals surface area contributed by atoms with Gasteiger partial charge in [-0.05, 0) is 43.0 Å². The zero-order valence-corrected chi connectivity index (χ0v) is 14.7. The average molecular weight is 362 g/mol. The van der Waals surface area contributed by atoms with Crippen molar-refractivity contribution in [2.45, 2.75) is 16.7 Å². The topological polar surface area (TPSA) is 52.0 Å². The Kier molecular flexibility index (Phi) is 4.47. The fourth-order valence-electron chi connectivity index (χ4n) is 2.40. The van der Waals surface area contributed by atoms with Crippen molar-refractivity contribution in [2.75, 3.05) is 6.26 Å². The number of hydrogen-bond acceptors (Lipinski definition) is 4. The first-order chi connectivity index (χ1) is 11.4. The summed E-state index contributed by atoms with van der Waals surface area (Å²) in [6.45, 7) is 1.77. The van der Waals surface area contributed by atoms with E-state index in [1.807, 2.05) is 6.26 Å². The first kappa shape index (κ1) is 16.7. The minimum absolute atomic E-state index is 0.0718. The molecule has 0 amide bonds. The second kappa shape index (κ2) is 6.41. The Bertz CT molecular complexity index is 997. The molecule has 0 radical (unpaired) electrons. The molecule has 0 spiro atoms.